The molecule has 11 rings (SSSR count). The molecule has 1 heteroatoms. The summed E-state index contributed by atoms with van der Waals surface area (Å²) in [6.45, 7) is 0. The Morgan fingerprint density at radius 3 is 1.47 bits per heavy atom. The monoisotopic (exact) mass is 697 g/mol. The first-order chi connectivity index (χ1) is 27.3. The van der Waals surface area contributed by atoms with E-state index in [0.29, 0.717) is 0 Å². The zero-order valence-electron chi connectivity index (χ0n) is 30.2. The Morgan fingerprint density at radius 2 is 0.782 bits per heavy atom. The Bertz CT molecular complexity index is 3190. The van der Waals surface area contributed by atoms with Crippen LogP contribution in [0, 0.1) is 0 Å². The van der Waals surface area contributed by atoms with Gasteiger partial charge in [-0.3, -0.25) is 0 Å². The quantitative estimate of drug-likeness (QED) is 0.125. The molecule has 0 radical (unpaired) electrons. The van der Waals surface area contributed by atoms with E-state index in [-0.39, 0.29) is 0 Å². The van der Waals surface area contributed by atoms with Crippen LogP contribution in [-0.4, -0.2) is 4.57 Å². The molecule has 0 spiro atoms. The lowest BCUT2D eigenvalue weighted by molar-refractivity contribution is 1.10. The second-order valence-electron chi connectivity index (χ2n) is 14.4. The van der Waals surface area contributed by atoms with Crippen molar-refractivity contribution in [2.45, 2.75) is 0 Å². The summed E-state index contributed by atoms with van der Waals surface area (Å²) in [6, 6.07) is 77.9. The fourth-order valence-corrected chi connectivity index (χ4v) is 8.90. The van der Waals surface area contributed by atoms with E-state index in [2.05, 4.69) is 217 Å². The molecule has 1 aromatic heterocycles. The molecule has 10 aromatic carbocycles. The van der Waals surface area contributed by atoms with Crippen LogP contribution in [0.15, 0.2) is 212 Å². The van der Waals surface area contributed by atoms with Gasteiger partial charge in [0.25, 0.3) is 0 Å². The van der Waals surface area contributed by atoms with Crippen molar-refractivity contribution in [3.63, 3.8) is 0 Å². The Morgan fingerprint density at radius 1 is 0.255 bits per heavy atom. The Labute approximate surface area is 320 Å². The van der Waals surface area contributed by atoms with Gasteiger partial charge in [-0.2, -0.15) is 0 Å². The molecule has 0 N–H and O–H groups in total. The van der Waals surface area contributed by atoms with Crippen LogP contribution >= 0.6 is 0 Å². The lowest BCUT2D eigenvalue weighted by Crippen LogP contribution is -2.00. The summed E-state index contributed by atoms with van der Waals surface area (Å²) in [4.78, 5) is 0. The Balaban J connectivity index is 1.29. The molecule has 0 aliphatic heterocycles. The van der Waals surface area contributed by atoms with Gasteiger partial charge in [0.05, 0.1) is 11.4 Å². The zero-order valence-corrected chi connectivity index (χ0v) is 30.2. The van der Waals surface area contributed by atoms with Gasteiger partial charge in [-0.25, -0.2) is 0 Å². The van der Waals surface area contributed by atoms with E-state index in [4.69, 9.17) is 0 Å². The number of rotatable bonds is 5. The topological polar surface area (TPSA) is 4.93 Å². The standard InChI is InChI=1S/C54H35N/c1-3-16-37(17-4-1)51-31-32-52(38-18-5-2-6-19-38)55(51)42-29-30-48-50(35-42)53(41-28-27-36-15-7-8-20-39(36)33-41)46-25-13-14-26-47(46)54(48)49-34-40-21-9-10-22-43(40)44-23-11-12-24-45(44)49/h1-35H. The summed E-state index contributed by atoms with van der Waals surface area (Å²) in [7, 11) is 0. The number of fused-ring (bicyclic) bond motifs is 6. The van der Waals surface area contributed by atoms with Gasteiger partial charge >= 0.3 is 0 Å². The molecule has 0 saturated heterocycles. The van der Waals surface area contributed by atoms with E-state index in [9.17, 15) is 0 Å². The zero-order chi connectivity index (χ0) is 36.3. The van der Waals surface area contributed by atoms with Crippen LogP contribution < -0.4 is 0 Å². The third-order valence-corrected chi connectivity index (χ3v) is 11.4. The summed E-state index contributed by atoms with van der Waals surface area (Å²) in [6.07, 6.45) is 0. The third-order valence-electron chi connectivity index (χ3n) is 11.4. The van der Waals surface area contributed by atoms with Gasteiger partial charge in [0, 0.05) is 5.69 Å². The maximum atomic E-state index is 2.44. The Hall–Kier alpha value is -7.22. The van der Waals surface area contributed by atoms with Crippen molar-refractivity contribution in [3.05, 3.63) is 212 Å². The van der Waals surface area contributed by atoms with Gasteiger partial charge in [0.15, 0.2) is 0 Å². The molecule has 0 atom stereocenters. The van der Waals surface area contributed by atoms with Gasteiger partial charge in [-0.1, -0.05) is 176 Å². The predicted molar refractivity (Wildman–Crippen MR) is 235 cm³/mol. The van der Waals surface area contributed by atoms with Crippen molar-refractivity contribution in [1.82, 2.24) is 4.57 Å². The fraction of sp³-hybridized carbons (Fsp3) is 0. The molecular weight excluding hydrogens is 663 g/mol. The van der Waals surface area contributed by atoms with Crippen molar-refractivity contribution in [2.75, 3.05) is 0 Å². The van der Waals surface area contributed by atoms with Crippen molar-refractivity contribution < 1.29 is 0 Å². The second-order valence-corrected chi connectivity index (χ2v) is 14.4. The summed E-state index contributed by atoms with van der Waals surface area (Å²) >= 11 is 0. The van der Waals surface area contributed by atoms with E-state index >= 15 is 0 Å². The number of hydrogen-bond acceptors (Lipinski definition) is 0. The molecule has 0 aliphatic carbocycles. The average molecular weight is 698 g/mol. The lowest BCUT2D eigenvalue weighted by atomic mass is 9.83. The summed E-state index contributed by atoms with van der Waals surface area (Å²) in [5, 5.41) is 12.5. The van der Waals surface area contributed by atoms with Crippen molar-refractivity contribution in [3.8, 4) is 50.5 Å². The first kappa shape index (κ1) is 31.3. The maximum absolute atomic E-state index is 2.44. The molecular formula is C54H35N. The average Bonchev–Trinajstić information content (AvgIpc) is 3.71. The minimum atomic E-state index is 1.13. The number of aromatic nitrogens is 1. The van der Waals surface area contributed by atoms with Crippen LogP contribution in [0.4, 0.5) is 0 Å². The van der Waals surface area contributed by atoms with Gasteiger partial charge < -0.3 is 4.57 Å². The van der Waals surface area contributed by atoms with Crippen LogP contribution in [0.1, 0.15) is 0 Å². The van der Waals surface area contributed by atoms with Crippen molar-refractivity contribution >= 4 is 53.9 Å². The molecule has 0 fully saturated rings. The third kappa shape index (κ3) is 5.09. The molecule has 0 aliphatic rings. The number of hydrogen-bond donors (Lipinski definition) is 0. The largest absolute Gasteiger partial charge is 0.309 e. The van der Waals surface area contributed by atoms with Crippen LogP contribution in [0.25, 0.3) is 104 Å². The van der Waals surface area contributed by atoms with Gasteiger partial charge in [0.2, 0.25) is 0 Å². The van der Waals surface area contributed by atoms with Crippen LogP contribution in [0.5, 0.6) is 0 Å². The highest BCUT2D eigenvalue weighted by atomic mass is 15.0. The Kier molecular flexibility index (Phi) is 7.25. The van der Waals surface area contributed by atoms with E-state index in [0.717, 1.165) is 17.1 Å². The maximum Gasteiger partial charge on any atom is 0.0535 e. The number of benzene rings is 10. The molecule has 0 amide bonds. The van der Waals surface area contributed by atoms with Gasteiger partial charge in [-0.15, -0.1) is 0 Å². The SMILES string of the molecule is c1ccc(-c2ccc(-c3ccccc3)n2-c2ccc3c(-c4cc5ccccc5c5ccccc45)c4ccccc4c(-c4ccc5ccccc5c4)c3c2)cc1. The molecule has 256 valence electrons. The highest BCUT2D eigenvalue weighted by molar-refractivity contribution is 6.26. The highest BCUT2D eigenvalue weighted by Gasteiger charge is 2.21. The smallest absolute Gasteiger partial charge is 0.0535 e. The van der Waals surface area contributed by atoms with Gasteiger partial charge in [-0.05, 0) is 124 Å². The van der Waals surface area contributed by atoms with Crippen LogP contribution in [-0.2, 0) is 0 Å². The van der Waals surface area contributed by atoms with Crippen molar-refractivity contribution in [1.29, 1.82) is 0 Å². The molecule has 55 heavy (non-hydrogen) atoms. The molecule has 0 unspecified atom stereocenters. The van der Waals surface area contributed by atoms with Crippen LogP contribution in [0.3, 0.4) is 0 Å². The molecule has 1 nitrogen and oxygen atoms in total. The lowest BCUT2D eigenvalue weighted by Gasteiger charge is -2.21. The second kappa shape index (κ2) is 12.7. The van der Waals surface area contributed by atoms with Crippen LogP contribution in [0.2, 0.25) is 0 Å². The highest BCUT2D eigenvalue weighted by Crippen LogP contribution is 2.48. The van der Waals surface area contributed by atoms with E-state index in [1.54, 1.807) is 0 Å². The summed E-state index contributed by atoms with van der Waals surface area (Å²) in [5.41, 5.74) is 10.8. The fourth-order valence-electron chi connectivity index (χ4n) is 8.90. The predicted octanol–water partition coefficient (Wildman–Crippen LogP) is 14.9. The van der Waals surface area contributed by atoms with E-state index < -0.39 is 0 Å². The van der Waals surface area contributed by atoms with E-state index in [1.165, 1.54) is 87.2 Å². The summed E-state index contributed by atoms with van der Waals surface area (Å²) < 4.78 is 2.44. The minimum Gasteiger partial charge on any atom is -0.309 e. The minimum absolute atomic E-state index is 1.13. The summed E-state index contributed by atoms with van der Waals surface area (Å²) in [5.74, 6) is 0. The number of nitrogens with zero attached hydrogens (tertiary/aromatic N) is 1. The van der Waals surface area contributed by atoms with E-state index in [1.807, 2.05) is 0 Å². The first-order valence-electron chi connectivity index (χ1n) is 19.0. The molecule has 0 bridgehead atoms. The first-order valence-corrected chi connectivity index (χ1v) is 19.0. The molecule has 1 heterocycles. The molecule has 0 saturated carbocycles. The van der Waals surface area contributed by atoms with Crippen molar-refractivity contribution in [2.24, 2.45) is 0 Å². The molecule has 11 aromatic rings. The van der Waals surface area contributed by atoms with Gasteiger partial charge in [0.1, 0.15) is 0 Å². The normalized spacial score (nSPS) is 11.6.